The van der Waals surface area contributed by atoms with Gasteiger partial charge in [0, 0.05) is 33.9 Å². The number of methoxy groups -OCH3 is 1. The number of hydrogen-bond acceptors (Lipinski definition) is 4. The van der Waals surface area contributed by atoms with Crippen LogP contribution in [0.15, 0.2) is 0 Å². The van der Waals surface area contributed by atoms with Crippen LogP contribution in [0.1, 0.15) is 19.3 Å². The molecular formula is C11H22N2O3. The maximum absolute atomic E-state index is 11.8. The van der Waals surface area contributed by atoms with Crippen molar-refractivity contribution < 1.29 is 14.3 Å². The van der Waals surface area contributed by atoms with Crippen molar-refractivity contribution in [2.75, 3.05) is 33.9 Å². The normalized spacial score (nSPS) is 22.1. The summed E-state index contributed by atoms with van der Waals surface area (Å²) in [4.78, 5) is 13.5. The highest BCUT2D eigenvalue weighted by Crippen LogP contribution is 2.13. The quantitative estimate of drug-likeness (QED) is 0.697. The van der Waals surface area contributed by atoms with Crippen molar-refractivity contribution in [1.82, 2.24) is 4.90 Å². The lowest BCUT2D eigenvalue weighted by Crippen LogP contribution is -2.44. The molecule has 2 unspecified atom stereocenters. The van der Waals surface area contributed by atoms with E-state index >= 15 is 0 Å². The van der Waals surface area contributed by atoms with Gasteiger partial charge < -0.3 is 20.1 Å². The van der Waals surface area contributed by atoms with E-state index in [0.717, 1.165) is 19.4 Å². The molecule has 0 aromatic heterocycles. The average molecular weight is 230 g/mol. The zero-order chi connectivity index (χ0) is 12.0. The second kappa shape index (κ2) is 6.83. The van der Waals surface area contributed by atoms with Crippen LogP contribution >= 0.6 is 0 Å². The minimum Gasteiger partial charge on any atom is -0.385 e. The van der Waals surface area contributed by atoms with Gasteiger partial charge in [0.05, 0.1) is 12.1 Å². The molecule has 16 heavy (non-hydrogen) atoms. The maximum Gasteiger partial charge on any atom is 0.239 e. The highest BCUT2D eigenvalue weighted by molar-refractivity contribution is 5.81. The summed E-state index contributed by atoms with van der Waals surface area (Å²) in [7, 11) is 3.38. The molecule has 0 aromatic rings. The highest BCUT2D eigenvalue weighted by atomic mass is 16.5. The molecule has 0 radical (unpaired) electrons. The fourth-order valence-corrected chi connectivity index (χ4v) is 1.84. The Morgan fingerprint density at radius 2 is 2.44 bits per heavy atom. The monoisotopic (exact) mass is 230 g/mol. The number of carbonyl (C=O) groups excluding carboxylic acids is 1. The fourth-order valence-electron chi connectivity index (χ4n) is 1.84. The standard InChI is InChI=1S/C11H22N2O3/c1-13(8-9-4-3-6-16-9)11(14)10(12)5-7-15-2/h9-10H,3-8,12H2,1-2H3. The van der Waals surface area contributed by atoms with E-state index in [9.17, 15) is 4.79 Å². The Labute approximate surface area is 96.9 Å². The summed E-state index contributed by atoms with van der Waals surface area (Å²) in [6.45, 7) is 1.96. The summed E-state index contributed by atoms with van der Waals surface area (Å²) >= 11 is 0. The molecule has 0 saturated carbocycles. The largest absolute Gasteiger partial charge is 0.385 e. The predicted octanol–water partition coefficient (Wildman–Crippen LogP) is -0.0124. The Kier molecular flexibility index (Phi) is 5.73. The van der Waals surface area contributed by atoms with Gasteiger partial charge in [-0.1, -0.05) is 0 Å². The summed E-state index contributed by atoms with van der Waals surface area (Å²) in [6, 6.07) is -0.466. The number of hydrogen-bond donors (Lipinski definition) is 1. The number of nitrogens with zero attached hydrogens (tertiary/aromatic N) is 1. The molecule has 5 nitrogen and oxygen atoms in total. The van der Waals surface area contributed by atoms with E-state index in [2.05, 4.69) is 0 Å². The molecule has 2 atom stereocenters. The first kappa shape index (κ1) is 13.4. The summed E-state index contributed by atoms with van der Waals surface area (Å²) in [5.74, 6) is -0.0347. The number of likely N-dealkylation sites (N-methyl/N-ethyl adjacent to an activating group) is 1. The Hall–Kier alpha value is -0.650. The van der Waals surface area contributed by atoms with Crippen molar-refractivity contribution in [2.45, 2.75) is 31.4 Å². The van der Waals surface area contributed by atoms with Crippen molar-refractivity contribution in [3.05, 3.63) is 0 Å². The Morgan fingerprint density at radius 1 is 1.69 bits per heavy atom. The van der Waals surface area contributed by atoms with Crippen LogP contribution in [0.4, 0.5) is 0 Å². The lowest BCUT2D eigenvalue weighted by atomic mass is 10.2. The Balaban J connectivity index is 2.28. The first-order valence-electron chi connectivity index (χ1n) is 5.76. The third-order valence-corrected chi connectivity index (χ3v) is 2.83. The van der Waals surface area contributed by atoms with E-state index < -0.39 is 6.04 Å². The first-order chi connectivity index (χ1) is 7.65. The third kappa shape index (κ3) is 4.08. The smallest absolute Gasteiger partial charge is 0.239 e. The lowest BCUT2D eigenvalue weighted by Gasteiger charge is -2.23. The van der Waals surface area contributed by atoms with Crippen LogP contribution in [0.5, 0.6) is 0 Å². The predicted molar refractivity (Wildman–Crippen MR) is 61.1 cm³/mol. The van der Waals surface area contributed by atoms with Gasteiger partial charge in [0.25, 0.3) is 0 Å². The van der Waals surface area contributed by atoms with Gasteiger partial charge in [0.1, 0.15) is 0 Å². The van der Waals surface area contributed by atoms with E-state index in [4.69, 9.17) is 15.2 Å². The van der Waals surface area contributed by atoms with Gasteiger partial charge in [-0.25, -0.2) is 0 Å². The molecule has 1 aliphatic rings. The molecule has 1 amide bonds. The summed E-state index contributed by atoms with van der Waals surface area (Å²) in [5, 5.41) is 0. The van der Waals surface area contributed by atoms with Gasteiger partial charge in [-0.2, -0.15) is 0 Å². The van der Waals surface area contributed by atoms with E-state index in [0.29, 0.717) is 19.6 Å². The van der Waals surface area contributed by atoms with E-state index in [1.54, 1.807) is 19.1 Å². The molecule has 1 aliphatic heterocycles. The van der Waals surface area contributed by atoms with Gasteiger partial charge in [-0.15, -0.1) is 0 Å². The van der Waals surface area contributed by atoms with Gasteiger partial charge in [0.15, 0.2) is 0 Å². The summed E-state index contributed by atoms with van der Waals surface area (Å²) in [5.41, 5.74) is 5.77. The Morgan fingerprint density at radius 3 is 3.00 bits per heavy atom. The number of rotatable bonds is 6. The van der Waals surface area contributed by atoms with Crippen LogP contribution in [-0.2, 0) is 14.3 Å². The highest BCUT2D eigenvalue weighted by Gasteiger charge is 2.23. The molecule has 5 heteroatoms. The average Bonchev–Trinajstić information content (AvgIpc) is 2.77. The first-order valence-corrected chi connectivity index (χ1v) is 5.76. The zero-order valence-electron chi connectivity index (χ0n) is 10.1. The molecule has 1 saturated heterocycles. The topological polar surface area (TPSA) is 64.8 Å². The minimum absolute atomic E-state index is 0.0347. The Bertz CT molecular complexity index is 217. The van der Waals surface area contributed by atoms with Crippen molar-refractivity contribution >= 4 is 5.91 Å². The number of nitrogens with two attached hydrogens (primary N) is 1. The van der Waals surface area contributed by atoms with E-state index in [-0.39, 0.29) is 12.0 Å². The summed E-state index contributed by atoms with van der Waals surface area (Å²) in [6.07, 6.45) is 2.86. The molecule has 0 spiro atoms. The molecule has 2 N–H and O–H groups in total. The molecule has 94 valence electrons. The molecule has 0 aromatic carbocycles. The molecule has 1 fully saturated rings. The van der Waals surface area contributed by atoms with Gasteiger partial charge in [-0.3, -0.25) is 4.79 Å². The molecule has 1 heterocycles. The van der Waals surface area contributed by atoms with Crippen LogP contribution in [0.3, 0.4) is 0 Å². The molecule has 1 rings (SSSR count). The number of carbonyl (C=O) groups is 1. The third-order valence-electron chi connectivity index (χ3n) is 2.83. The van der Waals surface area contributed by atoms with Gasteiger partial charge in [-0.05, 0) is 19.3 Å². The van der Waals surface area contributed by atoms with Crippen LogP contribution in [0.2, 0.25) is 0 Å². The minimum atomic E-state index is -0.466. The van der Waals surface area contributed by atoms with Crippen LogP contribution in [-0.4, -0.2) is 56.9 Å². The number of amides is 1. The molecular weight excluding hydrogens is 208 g/mol. The van der Waals surface area contributed by atoms with Crippen molar-refractivity contribution in [3.8, 4) is 0 Å². The van der Waals surface area contributed by atoms with Gasteiger partial charge in [0.2, 0.25) is 5.91 Å². The van der Waals surface area contributed by atoms with E-state index in [1.807, 2.05) is 0 Å². The van der Waals surface area contributed by atoms with Crippen molar-refractivity contribution in [1.29, 1.82) is 0 Å². The molecule has 0 bridgehead atoms. The van der Waals surface area contributed by atoms with Gasteiger partial charge >= 0.3 is 0 Å². The molecule has 0 aliphatic carbocycles. The van der Waals surface area contributed by atoms with Crippen molar-refractivity contribution in [3.63, 3.8) is 0 Å². The maximum atomic E-state index is 11.8. The fraction of sp³-hybridized carbons (Fsp3) is 0.909. The van der Waals surface area contributed by atoms with Crippen LogP contribution in [0.25, 0.3) is 0 Å². The van der Waals surface area contributed by atoms with Crippen LogP contribution in [0, 0.1) is 0 Å². The zero-order valence-corrected chi connectivity index (χ0v) is 10.1. The SMILES string of the molecule is COCCC(N)C(=O)N(C)CC1CCCO1. The second-order valence-electron chi connectivity index (χ2n) is 4.24. The lowest BCUT2D eigenvalue weighted by molar-refractivity contribution is -0.133. The summed E-state index contributed by atoms with van der Waals surface area (Å²) < 4.78 is 10.4. The van der Waals surface area contributed by atoms with Crippen LogP contribution < -0.4 is 5.73 Å². The number of ether oxygens (including phenoxy) is 2. The second-order valence-corrected chi connectivity index (χ2v) is 4.24. The van der Waals surface area contributed by atoms with Crippen molar-refractivity contribution in [2.24, 2.45) is 5.73 Å². The van der Waals surface area contributed by atoms with E-state index in [1.165, 1.54) is 0 Å².